The summed E-state index contributed by atoms with van der Waals surface area (Å²) >= 11 is 0. The van der Waals surface area contributed by atoms with Crippen molar-refractivity contribution in [1.29, 1.82) is 0 Å². The van der Waals surface area contributed by atoms with Crippen LogP contribution in [0.2, 0.25) is 0 Å². The summed E-state index contributed by atoms with van der Waals surface area (Å²) in [6, 6.07) is 7.97. The number of amides is 2. The van der Waals surface area contributed by atoms with Gasteiger partial charge in [0.05, 0.1) is 5.69 Å². The van der Waals surface area contributed by atoms with Crippen LogP contribution in [-0.2, 0) is 12.6 Å². The number of likely N-dealkylation sites (tertiary alicyclic amines) is 1. The predicted octanol–water partition coefficient (Wildman–Crippen LogP) is 4.02. The lowest BCUT2D eigenvalue weighted by molar-refractivity contribution is -0.110. The number of benzene rings is 1. The third kappa shape index (κ3) is 2.89. The average molecular weight is 406 g/mol. The number of aromatic nitrogens is 4. The molecule has 30 heavy (non-hydrogen) atoms. The van der Waals surface area contributed by atoms with E-state index in [1.165, 1.54) is 0 Å². The first-order valence-corrected chi connectivity index (χ1v) is 10.4. The van der Waals surface area contributed by atoms with E-state index in [1.807, 2.05) is 49.3 Å². The lowest BCUT2D eigenvalue weighted by Crippen LogP contribution is -2.70. The van der Waals surface area contributed by atoms with E-state index in [9.17, 15) is 4.79 Å². The van der Waals surface area contributed by atoms with Crippen LogP contribution in [0, 0.1) is 19.8 Å². The third-order valence-corrected chi connectivity index (χ3v) is 6.38. The van der Waals surface area contributed by atoms with Gasteiger partial charge in [0.25, 0.3) is 0 Å². The zero-order chi connectivity index (χ0) is 21.0. The highest BCUT2D eigenvalue weighted by Gasteiger charge is 2.62. The van der Waals surface area contributed by atoms with Crippen LogP contribution in [0.1, 0.15) is 43.5 Å². The van der Waals surface area contributed by atoms with Crippen LogP contribution in [0.4, 0.5) is 10.5 Å². The molecule has 2 bridgehead atoms. The van der Waals surface area contributed by atoms with Crippen molar-refractivity contribution >= 4 is 11.7 Å². The number of rotatable bonds is 3. The molecule has 2 fully saturated rings. The molecule has 1 aromatic carbocycles. The monoisotopic (exact) mass is 406 g/mol. The normalized spacial score (nSPS) is 25.1. The molecule has 5 rings (SSSR count). The lowest BCUT2D eigenvalue weighted by atomic mass is 9.64. The molecule has 2 aromatic heterocycles. The van der Waals surface area contributed by atoms with Gasteiger partial charge in [-0.2, -0.15) is 5.10 Å². The highest BCUT2D eigenvalue weighted by molar-refractivity contribution is 5.92. The molecule has 1 aliphatic heterocycles. The third-order valence-electron chi connectivity index (χ3n) is 6.38. The van der Waals surface area contributed by atoms with E-state index in [4.69, 9.17) is 4.42 Å². The van der Waals surface area contributed by atoms with Gasteiger partial charge in [0.2, 0.25) is 11.8 Å². The number of hydrogen-bond acceptors (Lipinski definition) is 5. The summed E-state index contributed by atoms with van der Waals surface area (Å²) in [5, 5.41) is 15.9. The average Bonchev–Trinajstić information content (AvgIpc) is 3.31. The minimum absolute atomic E-state index is 0.121. The van der Waals surface area contributed by atoms with E-state index in [2.05, 4.69) is 27.5 Å². The number of piperidine rings is 1. The number of nitrogens with one attached hydrogen (secondary N) is 1. The molecule has 3 aromatic rings. The fraction of sp³-hybridized carbons (Fsp3) is 0.455. The Labute approximate surface area is 175 Å². The number of nitrogens with zero attached hydrogens (tertiary/aromatic N) is 5. The van der Waals surface area contributed by atoms with Crippen molar-refractivity contribution in [3.8, 4) is 11.3 Å². The smallest absolute Gasteiger partial charge is 0.323 e. The first kappa shape index (κ1) is 18.8. The van der Waals surface area contributed by atoms with Crippen LogP contribution in [0.3, 0.4) is 0 Å². The Balaban J connectivity index is 1.43. The maximum absolute atomic E-state index is 13.3. The van der Waals surface area contributed by atoms with Crippen LogP contribution in [-0.4, -0.2) is 37.0 Å². The molecule has 8 nitrogen and oxygen atoms in total. The summed E-state index contributed by atoms with van der Waals surface area (Å²) in [6.45, 7) is 6.05. The van der Waals surface area contributed by atoms with Crippen LogP contribution in [0.15, 0.2) is 34.9 Å². The quantitative estimate of drug-likeness (QED) is 0.710. The molecular weight excluding hydrogens is 380 g/mol. The molecule has 3 heterocycles. The number of aryl methyl sites for hydroxylation is 3. The standard InChI is InChI=1S/C22H26N6O2/c1-13-9-17-12-22(11-13,20-25-24-15(3)30-20)28(17)21(29)23-16-6-5-14(2)18(10-16)19-7-8-27(4)26-19/h5-8,10,13,17H,9,11-12H2,1-4H3,(H,23,29)/t13-,17-,22+/m0/s1. The van der Waals surface area contributed by atoms with Gasteiger partial charge in [-0.1, -0.05) is 13.0 Å². The molecule has 156 valence electrons. The zero-order valence-electron chi connectivity index (χ0n) is 17.7. The molecule has 2 amide bonds. The number of carbonyl (C=O) groups is 1. The molecule has 1 aliphatic carbocycles. The molecule has 2 aliphatic rings. The van der Waals surface area contributed by atoms with Gasteiger partial charge >= 0.3 is 6.03 Å². The second-order valence-corrected chi connectivity index (χ2v) is 8.77. The van der Waals surface area contributed by atoms with E-state index in [1.54, 1.807) is 11.6 Å². The first-order valence-electron chi connectivity index (χ1n) is 10.4. The Bertz CT molecular complexity index is 1120. The Hall–Kier alpha value is -3.16. The van der Waals surface area contributed by atoms with Gasteiger partial charge in [0, 0.05) is 43.9 Å². The molecular formula is C22H26N6O2. The van der Waals surface area contributed by atoms with Gasteiger partial charge < -0.3 is 14.6 Å². The number of fused-ring (bicyclic) bond motifs is 2. The van der Waals surface area contributed by atoms with Crippen LogP contribution in [0.5, 0.6) is 0 Å². The molecule has 0 radical (unpaired) electrons. The summed E-state index contributed by atoms with van der Waals surface area (Å²) in [5.74, 6) is 1.59. The van der Waals surface area contributed by atoms with Crippen molar-refractivity contribution in [2.75, 3.05) is 5.32 Å². The Morgan fingerprint density at radius 2 is 2.07 bits per heavy atom. The highest BCUT2D eigenvalue weighted by atomic mass is 16.4. The molecule has 3 atom stereocenters. The summed E-state index contributed by atoms with van der Waals surface area (Å²) in [7, 11) is 1.90. The molecule has 1 saturated heterocycles. The minimum Gasteiger partial charge on any atom is -0.423 e. The van der Waals surface area contributed by atoms with Gasteiger partial charge in [-0.05, 0) is 49.4 Å². The van der Waals surface area contributed by atoms with Crippen molar-refractivity contribution < 1.29 is 9.21 Å². The van der Waals surface area contributed by atoms with Gasteiger partial charge in [-0.25, -0.2) is 4.79 Å². The van der Waals surface area contributed by atoms with Crippen molar-refractivity contribution in [3.63, 3.8) is 0 Å². The zero-order valence-corrected chi connectivity index (χ0v) is 17.7. The number of hydrogen-bond donors (Lipinski definition) is 1. The van der Waals surface area contributed by atoms with E-state index in [-0.39, 0.29) is 12.1 Å². The predicted molar refractivity (Wildman–Crippen MR) is 112 cm³/mol. The van der Waals surface area contributed by atoms with Gasteiger partial charge in [-0.3, -0.25) is 4.68 Å². The molecule has 1 saturated carbocycles. The topological polar surface area (TPSA) is 89.1 Å². The summed E-state index contributed by atoms with van der Waals surface area (Å²) in [4.78, 5) is 15.3. The van der Waals surface area contributed by atoms with Crippen molar-refractivity contribution in [3.05, 3.63) is 47.8 Å². The van der Waals surface area contributed by atoms with E-state index < -0.39 is 5.54 Å². The second kappa shape index (κ2) is 6.68. The first-order chi connectivity index (χ1) is 14.4. The van der Waals surface area contributed by atoms with Crippen LogP contribution >= 0.6 is 0 Å². The number of carbonyl (C=O) groups excluding carboxylic acids is 1. The maximum atomic E-state index is 13.3. The number of urea groups is 1. The highest BCUT2D eigenvalue weighted by Crippen LogP contribution is 2.55. The van der Waals surface area contributed by atoms with Gasteiger partial charge in [0.1, 0.15) is 5.54 Å². The van der Waals surface area contributed by atoms with Crippen LogP contribution < -0.4 is 5.32 Å². The number of anilines is 1. The molecule has 8 heteroatoms. The molecule has 1 N–H and O–H groups in total. The summed E-state index contributed by atoms with van der Waals surface area (Å²) in [5.41, 5.74) is 3.26. The summed E-state index contributed by atoms with van der Waals surface area (Å²) < 4.78 is 7.56. The Morgan fingerprint density at radius 1 is 1.23 bits per heavy atom. The fourth-order valence-electron chi connectivity index (χ4n) is 5.15. The largest absolute Gasteiger partial charge is 0.423 e. The van der Waals surface area contributed by atoms with Crippen molar-refractivity contribution in [1.82, 2.24) is 24.9 Å². The Morgan fingerprint density at radius 3 is 2.77 bits per heavy atom. The van der Waals surface area contributed by atoms with E-state index >= 15 is 0 Å². The SMILES string of the molecule is Cc1nnc([C@@]23C[C@@H](C)C[C@@H](C2)N3C(=O)Nc2ccc(C)c(-c3ccn(C)n3)c2)o1. The summed E-state index contributed by atoms with van der Waals surface area (Å²) in [6.07, 6.45) is 4.62. The van der Waals surface area contributed by atoms with E-state index in [0.29, 0.717) is 17.7 Å². The minimum atomic E-state index is -0.498. The van der Waals surface area contributed by atoms with Crippen LogP contribution in [0.25, 0.3) is 11.3 Å². The second-order valence-electron chi connectivity index (χ2n) is 8.77. The van der Waals surface area contributed by atoms with E-state index in [0.717, 1.165) is 41.8 Å². The van der Waals surface area contributed by atoms with Gasteiger partial charge in [-0.15, -0.1) is 10.2 Å². The molecule has 0 spiro atoms. The van der Waals surface area contributed by atoms with Crippen molar-refractivity contribution in [2.24, 2.45) is 13.0 Å². The lowest BCUT2D eigenvalue weighted by Gasteiger charge is -2.61. The molecule has 0 unspecified atom stereocenters. The van der Waals surface area contributed by atoms with Gasteiger partial charge in [0.15, 0.2) is 0 Å². The maximum Gasteiger partial charge on any atom is 0.323 e. The van der Waals surface area contributed by atoms with Crippen molar-refractivity contribution in [2.45, 2.75) is 51.6 Å². The fourth-order valence-corrected chi connectivity index (χ4v) is 5.15. The Kier molecular flexibility index (Phi) is 4.20.